The molecule has 1 saturated heterocycles. The Morgan fingerprint density at radius 1 is 1.13 bits per heavy atom. The average molecular weight is 435 g/mol. The van der Waals surface area contributed by atoms with E-state index in [1.807, 2.05) is 31.2 Å². The highest BCUT2D eigenvalue weighted by Gasteiger charge is 2.31. The minimum Gasteiger partial charge on any atom is -0.494 e. The van der Waals surface area contributed by atoms with Gasteiger partial charge in [-0.2, -0.15) is 0 Å². The number of amides is 1. The smallest absolute Gasteiger partial charge is 0.223 e. The van der Waals surface area contributed by atoms with E-state index in [9.17, 15) is 17.6 Å². The fourth-order valence-electron chi connectivity index (χ4n) is 3.52. The van der Waals surface area contributed by atoms with Crippen molar-refractivity contribution in [2.45, 2.75) is 32.1 Å². The lowest BCUT2D eigenvalue weighted by Crippen LogP contribution is -2.43. The van der Waals surface area contributed by atoms with Crippen LogP contribution in [0.4, 0.5) is 4.39 Å². The van der Waals surface area contributed by atoms with Gasteiger partial charge in [0.2, 0.25) is 15.9 Å². The van der Waals surface area contributed by atoms with Crippen LogP contribution in [0.3, 0.4) is 0 Å². The highest BCUT2D eigenvalue weighted by atomic mass is 32.2. The highest BCUT2D eigenvalue weighted by Crippen LogP contribution is 2.22. The first-order valence-corrected chi connectivity index (χ1v) is 11.7. The quantitative estimate of drug-likeness (QED) is 0.693. The van der Waals surface area contributed by atoms with E-state index in [2.05, 4.69) is 5.32 Å². The van der Waals surface area contributed by atoms with Gasteiger partial charge in [0.05, 0.1) is 12.4 Å². The van der Waals surface area contributed by atoms with E-state index in [0.29, 0.717) is 44.6 Å². The second-order valence-corrected chi connectivity index (χ2v) is 9.32. The minimum absolute atomic E-state index is 0.0626. The van der Waals surface area contributed by atoms with E-state index < -0.39 is 15.8 Å². The number of hydrogen-bond acceptors (Lipinski definition) is 4. The minimum atomic E-state index is -3.50. The van der Waals surface area contributed by atoms with Crippen molar-refractivity contribution in [1.29, 1.82) is 0 Å². The summed E-state index contributed by atoms with van der Waals surface area (Å²) in [5, 5.41) is 2.94. The van der Waals surface area contributed by atoms with Crippen LogP contribution in [0.5, 0.6) is 5.75 Å². The molecule has 0 aromatic heterocycles. The predicted molar refractivity (Wildman–Crippen MR) is 113 cm³/mol. The van der Waals surface area contributed by atoms with Crippen molar-refractivity contribution in [3.8, 4) is 5.75 Å². The number of halogens is 1. The molecular formula is C22H27FN2O4S. The zero-order valence-electron chi connectivity index (χ0n) is 17.0. The van der Waals surface area contributed by atoms with Crippen LogP contribution < -0.4 is 10.1 Å². The largest absolute Gasteiger partial charge is 0.494 e. The number of carbonyl (C=O) groups excluding carboxylic acids is 1. The fraction of sp³-hybridized carbons (Fsp3) is 0.409. The third kappa shape index (κ3) is 6.03. The van der Waals surface area contributed by atoms with Crippen molar-refractivity contribution >= 4 is 15.9 Å². The van der Waals surface area contributed by atoms with E-state index >= 15 is 0 Å². The van der Waals surface area contributed by atoms with Gasteiger partial charge in [0.25, 0.3) is 0 Å². The van der Waals surface area contributed by atoms with Gasteiger partial charge in [-0.3, -0.25) is 4.79 Å². The topological polar surface area (TPSA) is 75.7 Å². The molecule has 1 aliphatic heterocycles. The van der Waals surface area contributed by atoms with Gasteiger partial charge in [-0.1, -0.05) is 24.3 Å². The van der Waals surface area contributed by atoms with Crippen molar-refractivity contribution in [1.82, 2.24) is 9.62 Å². The summed E-state index contributed by atoms with van der Waals surface area (Å²) in [6.45, 7) is 3.52. The molecule has 0 saturated carbocycles. The van der Waals surface area contributed by atoms with Crippen LogP contribution in [0.1, 0.15) is 30.9 Å². The lowest BCUT2D eigenvalue weighted by molar-refractivity contribution is -0.126. The molecule has 3 rings (SSSR count). The lowest BCUT2D eigenvalue weighted by atomic mass is 9.97. The molecule has 0 spiro atoms. The van der Waals surface area contributed by atoms with E-state index in [1.165, 1.54) is 28.6 Å². The van der Waals surface area contributed by atoms with Gasteiger partial charge in [0.15, 0.2) is 0 Å². The summed E-state index contributed by atoms with van der Waals surface area (Å²) in [6, 6.07) is 13.0. The molecule has 8 heteroatoms. The van der Waals surface area contributed by atoms with Crippen molar-refractivity contribution < 1.29 is 22.3 Å². The van der Waals surface area contributed by atoms with Crippen LogP contribution in [0.2, 0.25) is 0 Å². The number of rotatable bonds is 8. The predicted octanol–water partition coefficient (Wildman–Crippen LogP) is 3.08. The molecular weight excluding hydrogens is 407 g/mol. The monoisotopic (exact) mass is 434 g/mol. The molecule has 1 fully saturated rings. The second kappa shape index (κ2) is 10.0. The van der Waals surface area contributed by atoms with Crippen molar-refractivity contribution in [2.75, 3.05) is 19.7 Å². The third-order valence-electron chi connectivity index (χ3n) is 5.16. The number of piperidine rings is 1. The highest BCUT2D eigenvalue weighted by molar-refractivity contribution is 7.88. The van der Waals surface area contributed by atoms with Gasteiger partial charge in [0.1, 0.15) is 11.6 Å². The Morgan fingerprint density at radius 2 is 1.83 bits per heavy atom. The molecule has 0 aliphatic carbocycles. The van der Waals surface area contributed by atoms with E-state index in [0.717, 1.165) is 11.3 Å². The molecule has 2 aromatic carbocycles. The Bertz CT molecular complexity index is 955. The Morgan fingerprint density at radius 3 is 2.50 bits per heavy atom. The molecule has 1 N–H and O–H groups in total. The van der Waals surface area contributed by atoms with Crippen LogP contribution in [0, 0.1) is 11.7 Å². The summed E-state index contributed by atoms with van der Waals surface area (Å²) in [4.78, 5) is 12.5. The molecule has 0 bridgehead atoms. The van der Waals surface area contributed by atoms with Crippen molar-refractivity contribution in [3.05, 3.63) is 65.5 Å². The molecule has 162 valence electrons. The molecule has 1 amide bonds. The fourth-order valence-corrected chi connectivity index (χ4v) is 5.09. The van der Waals surface area contributed by atoms with Gasteiger partial charge < -0.3 is 10.1 Å². The number of carbonyl (C=O) groups is 1. The maximum Gasteiger partial charge on any atom is 0.223 e. The summed E-state index contributed by atoms with van der Waals surface area (Å²) in [5.74, 6) is -0.0680. The second-order valence-electron chi connectivity index (χ2n) is 7.35. The van der Waals surface area contributed by atoms with Crippen LogP contribution in [0.25, 0.3) is 0 Å². The third-order valence-corrected chi connectivity index (χ3v) is 7.01. The zero-order valence-corrected chi connectivity index (χ0v) is 17.8. The number of nitrogens with zero attached hydrogens (tertiary/aromatic N) is 1. The molecule has 6 nitrogen and oxygen atoms in total. The maximum absolute atomic E-state index is 13.0. The number of nitrogens with one attached hydrogen (secondary N) is 1. The lowest BCUT2D eigenvalue weighted by Gasteiger charge is -2.30. The summed E-state index contributed by atoms with van der Waals surface area (Å²) in [5.41, 5.74) is 1.50. The number of ether oxygens (including phenoxy) is 1. The average Bonchev–Trinajstić information content (AvgIpc) is 2.74. The van der Waals surface area contributed by atoms with Crippen LogP contribution in [0.15, 0.2) is 48.5 Å². The van der Waals surface area contributed by atoms with Crippen LogP contribution in [-0.2, 0) is 27.1 Å². The molecule has 1 aliphatic rings. The van der Waals surface area contributed by atoms with Crippen LogP contribution in [-0.4, -0.2) is 38.3 Å². The van der Waals surface area contributed by atoms with Gasteiger partial charge in [-0.25, -0.2) is 17.1 Å². The molecule has 30 heavy (non-hydrogen) atoms. The zero-order chi connectivity index (χ0) is 21.6. The maximum atomic E-state index is 13.0. The van der Waals surface area contributed by atoms with Gasteiger partial charge >= 0.3 is 0 Å². The van der Waals surface area contributed by atoms with Gasteiger partial charge in [-0.05, 0) is 55.2 Å². The summed E-state index contributed by atoms with van der Waals surface area (Å²) in [7, 11) is -3.50. The van der Waals surface area contributed by atoms with Gasteiger partial charge in [0, 0.05) is 25.6 Å². The van der Waals surface area contributed by atoms with Crippen LogP contribution >= 0.6 is 0 Å². The normalized spacial score (nSPS) is 15.7. The first kappa shape index (κ1) is 22.2. The van der Waals surface area contributed by atoms with Crippen molar-refractivity contribution in [3.63, 3.8) is 0 Å². The first-order chi connectivity index (χ1) is 14.4. The Balaban J connectivity index is 1.49. The van der Waals surface area contributed by atoms with E-state index in [4.69, 9.17) is 4.74 Å². The Hall–Kier alpha value is -2.45. The summed E-state index contributed by atoms with van der Waals surface area (Å²) < 4.78 is 45.2. The Kier molecular flexibility index (Phi) is 7.44. The number of benzene rings is 2. The number of hydrogen-bond donors (Lipinski definition) is 1. The Labute approximate surface area is 177 Å². The molecule has 0 radical (unpaired) electrons. The van der Waals surface area contributed by atoms with E-state index in [-0.39, 0.29) is 17.6 Å². The summed E-state index contributed by atoms with van der Waals surface area (Å²) >= 11 is 0. The molecule has 1 heterocycles. The molecule has 2 aromatic rings. The standard InChI is InChI=1S/C22H27FN2O4S/c1-2-29-21-5-3-4-18(14-21)15-24-22(26)19-10-12-25(13-11-19)30(27,28)16-17-6-8-20(23)9-7-17/h3-9,14,19H,2,10-13,15-16H2,1H3,(H,24,26). The first-order valence-electron chi connectivity index (χ1n) is 10.1. The number of sulfonamides is 1. The SMILES string of the molecule is CCOc1cccc(CNC(=O)C2CCN(S(=O)(=O)Cc3ccc(F)cc3)CC2)c1. The van der Waals surface area contributed by atoms with Crippen molar-refractivity contribution in [2.24, 2.45) is 5.92 Å². The molecule has 0 unspecified atom stereocenters. The van der Waals surface area contributed by atoms with Gasteiger partial charge in [-0.15, -0.1) is 0 Å². The summed E-state index contributed by atoms with van der Waals surface area (Å²) in [6.07, 6.45) is 0.959. The molecule has 0 atom stereocenters. The van der Waals surface area contributed by atoms with E-state index in [1.54, 1.807) is 0 Å².